The van der Waals surface area contributed by atoms with Gasteiger partial charge in [-0.25, -0.2) is 0 Å². The highest BCUT2D eigenvalue weighted by atomic mass is 16.6. The number of hydrogen-bond donors (Lipinski definition) is 0. The maximum atomic E-state index is 5.68. The molecule has 0 radical (unpaired) electrons. The predicted octanol–water partition coefficient (Wildman–Crippen LogP) is 6.42. The summed E-state index contributed by atoms with van der Waals surface area (Å²) in [5, 5.41) is 4.42. The predicted molar refractivity (Wildman–Crippen MR) is 139 cm³/mol. The smallest absolute Gasteiger partial charge is 0.162 e. The quantitative estimate of drug-likeness (QED) is 0.209. The second-order valence-corrected chi connectivity index (χ2v) is 8.07. The van der Waals surface area contributed by atoms with Crippen LogP contribution in [-0.2, 0) is 11.4 Å². The van der Waals surface area contributed by atoms with Gasteiger partial charge in [0.25, 0.3) is 0 Å². The molecule has 35 heavy (non-hydrogen) atoms. The van der Waals surface area contributed by atoms with Crippen LogP contribution in [0.15, 0.2) is 84.0 Å². The Bertz CT molecular complexity index is 1330. The molecule has 0 atom stereocenters. The zero-order valence-corrected chi connectivity index (χ0v) is 20.7. The molecule has 0 aliphatic heterocycles. The van der Waals surface area contributed by atoms with E-state index in [9.17, 15) is 0 Å². The van der Waals surface area contributed by atoms with Gasteiger partial charge < -0.3 is 23.6 Å². The van der Waals surface area contributed by atoms with Crippen LogP contribution in [-0.4, -0.2) is 31.6 Å². The molecule has 3 aromatic carbocycles. The molecule has 180 valence electrons. The van der Waals surface area contributed by atoms with Crippen molar-refractivity contribution < 1.29 is 19.0 Å². The summed E-state index contributed by atoms with van der Waals surface area (Å²) in [6.45, 7) is 4.45. The van der Waals surface area contributed by atoms with Gasteiger partial charge in [-0.05, 0) is 49.7 Å². The van der Waals surface area contributed by atoms with Gasteiger partial charge in [-0.1, -0.05) is 47.6 Å². The Hall–Kier alpha value is -4.19. The number of ether oxygens (including phenoxy) is 3. The Morgan fingerprint density at radius 3 is 2.29 bits per heavy atom. The van der Waals surface area contributed by atoms with E-state index in [-0.39, 0.29) is 0 Å². The molecule has 4 rings (SSSR count). The third-order valence-electron chi connectivity index (χ3n) is 5.90. The maximum absolute atomic E-state index is 5.68. The van der Waals surface area contributed by atoms with Gasteiger partial charge in [0.2, 0.25) is 0 Å². The second kappa shape index (κ2) is 10.8. The van der Waals surface area contributed by atoms with Gasteiger partial charge in [0.1, 0.15) is 12.4 Å². The van der Waals surface area contributed by atoms with Crippen molar-refractivity contribution in [2.45, 2.75) is 20.5 Å². The summed E-state index contributed by atoms with van der Waals surface area (Å²) in [5.41, 5.74) is 6.85. The van der Waals surface area contributed by atoms with Crippen LogP contribution in [0.1, 0.15) is 23.7 Å². The number of aromatic nitrogens is 1. The molecule has 0 bridgehead atoms. The largest absolute Gasteiger partial charge is 0.497 e. The number of nitrogens with zero attached hydrogens (tertiary/aromatic N) is 2. The normalized spacial score (nSPS) is 11.3. The molecule has 0 saturated heterocycles. The van der Waals surface area contributed by atoms with E-state index in [1.54, 1.807) is 21.3 Å². The number of rotatable bonds is 9. The van der Waals surface area contributed by atoms with Crippen molar-refractivity contribution in [1.82, 2.24) is 4.57 Å². The summed E-state index contributed by atoms with van der Waals surface area (Å²) in [6.07, 6.45) is 0. The van der Waals surface area contributed by atoms with E-state index in [0.717, 1.165) is 45.2 Å². The van der Waals surface area contributed by atoms with E-state index in [1.165, 1.54) is 0 Å². The van der Waals surface area contributed by atoms with E-state index in [2.05, 4.69) is 28.8 Å². The minimum absolute atomic E-state index is 0.413. The van der Waals surface area contributed by atoms with Crippen LogP contribution in [0.5, 0.6) is 17.2 Å². The molecule has 0 amide bonds. The molecule has 1 aromatic heterocycles. The Labute approximate surface area is 206 Å². The van der Waals surface area contributed by atoms with Crippen LogP contribution in [0.2, 0.25) is 0 Å². The van der Waals surface area contributed by atoms with Crippen molar-refractivity contribution in [2.24, 2.45) is 5.16 Å². The van der Waals surface area contributed by atoms with Crippen molar-refractivity contribution in [1.29, 1.82) is 0 Å². The minimum atomic E-state index is 0.413. The highest BCUT2D eigenvalue weighted by Crippen LogP contribution is 2.35. The Morgan fingerprint density at radius 2 is 1.57 bits per heavy atom. The highest BCUT2D eigenvalue weighted by molar-refractivity contribution is 6.01. The zero-order chi connectivity index (χ0) is 24.8. The Balaban J connectivity index is 1.79. The molecular weight excluding hydrogens is 440 g/mol. The molecule has 6 heteroatoms. The fourth-order valence-electron chi connectivity index (χ4n) is 4.09. The molecule has 4 aromatic rings. The third-order valence-corrected chi connectivity index (χ3v) is 5.90. The molecule has 0 saturated carbocycles. The summed E-state index contributed by atoms with van der Waals surface area (Å²) in [5.74, 6) is 2.13. The molecule has 0 aliphatic carbocycles. The van der Waals surface area contributed by atoms with E-state index < -0.39 is 0 Å². The molecule has 6 nitrogen and oxygen atoms in total. The number of oxime groups is 1. The number of methoxy groups -OCH3 is 3. The summed E-state index contributed by atoms with van der Waals surface area (Å²) in [6, 6.07) is 26.0. The van der Waals surface area contributed by atoms with E-state index >= 15 is 0 Å². The Morgan fingerprint density at radius 1 is 0.800 bits per heavy atom. The van der Waals surface area contributed by atoms with Gasteiger partial charge in [-0.3, -0.25) is 0 Å². The Kier molecular flexibility index (Phi) is 7.41. The lowest BCUT2D eigenvalue weighted by Gasteiger charge is -2.15. The molecular formula is C29H30N2O4. The summed E-state index contributed by atoms with van der Waals surface area (Å²) >= 11 is 0. The van der Waals surface area contributed by atoms with E-state index in [0.29, 0.717) is 18.1 Å². The summed E-state index contributed by atoms with van der Waals surface area (Å²) in [4.78, 5) is 5.68. The molecule has 0 N–H and O–H groups in total. The lowest BCUT2D eigenvalue weighted by Crippen LogP contribution is -2.03. The highest BCUT2D eigenvalue weighted by Gasteiger charge is 2.19. The SMILES string of the molecule is COc1cccc(-c2cc(C(C)=NOCc3ccccc3)c(C)n2-c2ccc(OC)c(OC)c2)c1. The molecule has 1 heterocycles. The first-order valence-corrected chi connectivity index (χ1v) is 11.4. The van der Waals surface area contributed by atoms with Gasteiger partial charge in [-0.2, -0.15) is 0 Å². The van der Waals surface area contributed by atoms with E-state index in [4.69, 9.17) is 19.0 Å². The molecule has 0 aliphatic rings. The first-order chi connectivity index (χ1) is 17.0. The lowest BCUT2D eigenvalue weighted by atomic mass is 10.1. The van der Waals surface area contributed by atoms with Gasteiger partial charge in [0, 0.05) is 28.6 Å². The van der Waals surface area contributed by atoms with E-state index in [1.807, 2.05) is 73.7 Å². The topological polar surface area (TPSA) is 54.2 Å². The zero-order valence-electron chi connectivity index (χ0n) is 20.7. The van der Waals surface area contributed by atoms with Crippen molar-refractivity contribution in [3.63, 3.8) is 0 Å². The third kappa shape index (κ3) is 5.17. The van der Waals surface area contributed by atoms with Crippen LogP contribution in [0, 0.1) is 6.92 Å². The standard InChI is InChI=1S/C29H30N2O4/c1-20(30-35-19-22-10-7-6-8-11-22)26-18-27(23-12-9-13-25(16-23)32-3)31(21(26)2)24-14-15-28(33-4)29(17-24)34-5/h6-18H,19H2,1-5H3. The molecule has 0 unspecified atom stereocenters. The van der Waals surface area contributed by atoms with Crippen LogP contribution in [0.25, 0.3) is 16.9 Å². The first kappa shape index (κ1) is 24.0. The molecule has 0 fully saturated rings. The van der Waals surface area contributed by atoms with Crippen molar-refractivity contribution in [3.05, 3.63) is 95.7 Å². The van der Waals surface area contributed by atoms with Crippen LogP contribution >= 0.6 is 0 Å². The second-order valence-electron chi connectivity index (χ2n) is 8.07. The van der Waals surface area contributed by atoms with Crippen molar-refractivity contribution in [2.75, 3.05) is 21.3 Å². The maximum Gasteiger partial charge on any atom is 0.162 e. The van der Waals surface area contributed by atoms with Gasteiger partial charge in [0.15, 0.2) is 11.5 Å². The van der Waals surface area contributed by atoms with Crippen LogP contribution in [0.3, 0.4) is 0 Å². The lowest BCUT2D eigenvalue weighted by molar-refractivity contribution is 0.130. The number of benzene rings is 3. The monoisotopic (exact) mass is 470 g/mol. The van der Waals surface area contributed by atoms with Crippen molar-refractivity contribution >= 4 is 5.71 Å². The summed E-state index contributed by atoms with van der Waals surface area (Å²) < 4.78 is 18.7. The summed E-state index contributed by atoms with van der Waals surface area (Å²) in [7, 11) is 4.94. The van der Waals surface area contributed by atoms with Crippen LogP contribution in [0.4, 0.5) is 0 Å². The van der Waals surface area contributed by atoms with Gasteiger partial charge >= 0.3 is 0 Å². The fourth-order valence-corrected chi connectivity index (χ4v) is 4.09. The van der Waals surface area contributed by atoms with Gasteiger partial charge in [-0.15, -0.1) is 0 Å². The fraction of sp³-hybridized carbons (Fsp3) is 0.207. The first-order valence-electron chi connectivity index (χ1n) is 11.4. The van der Waals surface area contributed by atoms with Gasteiger partial charge in [0.05, 0.1) is 32.7 Å². The average Bonchev–Trinajstić information content (AvgIpc) is 3.25. The number of hydrogen-bond acceptors (Lipinski definition) is 5. The van der Waals surface area contributed by atoms with Crippen molar-refractivity contribution in [3.8, 4) is 34.2 Å². The minimum Gasteiger partial charge on any atom is -0.497 e. The molecule has 0 spiro atoms. The van der Waals surface area contributed by atoms with Crippen LogP contribution < -0.4 is 14.2 Å². The average molecular weight is 471 g/mol.